The number of benzene rings is 2. The summed E-state index contributed by atoms with van der Waals surface area (Å²) in [4.78, 5) is 38.6. The first kappa shape index (κ1) is 17.7. The molecule has 1 heterocycles. The van der Waals surface area contributed by atoms with Gasteiger partial charge in [-0.3, -0.25) is 19.1 Å². The molecule has 0 unspecified atom stereocenters. The van der Waals surface area contributed by atoms with Gasteiger partial charge in [0, 0.05) is 13.0 Å². The second kappa shape index (κ2) is 7.39. The lowest BCUT2D eigenvalue weighted by Gasteiger charge is -2.17. The predicted molar refractivity (Wildman–Crippen MR) is 101 cm³/mol. The van der Waals surface area contributed by atoms with E-state index in [1.165, 1.54) is 4.57 Å². The number of carbonyl (C=O) groups is 1. The summed E-state index contributed by atoms with van der Waals surface area (Å²) in [5.41, 5.74) is 1.78. The molecule has 0 saturated carbocycles. The van der Waals surface area contributed by atoms with E-state index in [0.717, 1.165) is 11.1 Å². The molecule has 0 aliphatic heterocycles. The molecule has 0 aliphatic carbocycles. The van der Waals surface area contributed by atoms with Gasteiger partial charge in [-0.25, -0.2) is 4.79 Å². The molecule has 1 atom stereocenters. The summed E-state index contributed by atoms with van der Waals surface area (Å²) in [6.45, 7) is 4.13. The number of amides is 1. The van der Waals surface area contributed by atoms with Crippen LogP contribution in [0.5, 0.6) is 0 Å². The van der Waals surface area contributed by atoms with Crippen LogP contribution < -0.4 is 16.6 Å². The van der Waals surface area contributed by atoms with E-state index in [9.17, 15) is 14.4 Å². The van der Waals surface area contributed by atoms with Crippen molar-refractivity contribution >= 4 is 16.8 Å². The summed E-state index contributed by atoms with van der Waals surface area (Å²) in [7, 11) is 0. The lowest BCUT2D eigenvalue weighted by molar-refractivity contribution is -0.121. The van der Waals surface area contributed by atoms with Crippen molar-refractivity contribution in [1.82, 2.24) is 14.9 Å². The normalized spacial score (nSPS) is 12.1. The van der Waals surface area contributed by atoms with Gasteiger partial charge >= 0.3 is 5.69 Å². The molecule has 2 N–H and O–H groups in total. The highest BCUT2D eigenvalue weighted by Crippen LogP contribution is 2.16. The maximum Gasteiger partial charge on any atom is 0.328 e. The highest BCUT2D eigenvalue weighted by molar-refractivity contribution is 5.79. The average Bonchev–Trinajstić information content (AvgIpc) is 2.61. The number of H-pyrrole nitrogens is 1. The summed E-state index contributed by atoms with van der Waals surface area (Å²) < 4.78 is 1.43. The lowest BCUT2D eigenvalue weighted by Crippen LogP contribution is -2.33. The number of aromatic amines is 1. The van der Waals surface area contributed by atoms with Crippen LogP contribution in [0.2, 0.25) is 0 Å². The van der Waals surface area contributed by atoms with Crippen molar-refractivity contribution in [2.24, 2.45) is 0 Å². The number of nitrogens with one attached hydrogen (secondary N) is 2. The molecule has 3 rings (SSSR count). The fraction of sp³-hybridized carbons (Fsp3) is 0.250. The van der Waals surface area contributed by atoms with E-state index < -0.39 is 11.2 Å². The van der Waals surface area contributed by atoms with Gasteiger partial charge in [0.15, 0.2) is 0 Å². The molecule has 6 nitrogen and oxygen atoms in total. The Kier molecular flexibility index (Phi) is 5.02. The molecule has 0 saturated heterocycles. The van der Waals surface area contributed by atoms with Crippen LogP contribution in [-0.4, -0.2) is 15.5 Å². The summed E-state index contributed by atoms with van der Waals surface area (Å²) in [6.07, 6.45) is 0.145. The zero-order valence-corrected chi connectivity index (χ0v) is 14.8. The lowest BCUT2D eigenvalue weighted by atomic mass is 10.0. The molecule has 0 radical (unpaired) electrons. The standard InChI is InChI=1S/C20H21N3O3/c1-13-7-3-4-8-15(13)14(2)21-18(24)11-12-23-17-10-6-5-9-16(17)19(25)22-20(23)26/h3-10,14H,11-12H2,1-2H3,(H,21,24)(H,22,25,26)/t14-/m1/s1. The van der Waals surface area contributed by atoms with E-state index in [1.807, 2.05) is 38.1 Å². The van der Waals surface area contributed by atoms with Gasteiger partial charge < -0.3 is 5.32 Å². The van der Waals surface area contributed by atoms with Gasteiger partial charge in [-0.1, -0.05) is 36.4 Å². The van der Waals surface area contributed by atoms with Crippen LogP contribution in [0.4, 0.5) is 0 Å². The molecule has 0 aliphatic rings. The first-order chi connectivity index (χ1) is 12.5. The zero-order valence-electron chi connectivity index (χ0n) is 14.8. The van der Waals surface area contributed by atoms with Gasteiger partial charge in [0.25, 0.3) is 5.56 Å². The quantitative estimate of drug-likeness (QED) is 0.739. The Bertz CT molecular complexity index is 1070. The minimum Gasteiger partial charge on any atom is -0.350 e. The van der Waals surface area contributed by atoms with Crippen molar-refractivity contribution in [2.45, 2.75) is 32.9 Å². The molecule has 0 spiro atoms. The number of aryl methyl sites for hydroxylation is 2. The molecule has 2 aromatic carbocycles. The molecule has 0 bridgehead atoms. The number of nitrogens with zero attached hydrogens (tertiary/aromatic N) is 1. The van der Waals surface area contributed by atoms with Crippen molar-refractivity contribution in [1.29, 1.82) is 0 Å². The maximum atomic E-state index is 12.3. The van der Waals surface area contributed by atoms with E-state index in [-0.39, 0.29) is 24.9 Å². The Morgan fingerprint density at radius 3 is 2.58 bits per heavy atom. The largest absolute Gasteiger partial charge is 0.350 e. The van der Waals surface area contributed by atoms with Crippen LogP contribution in [0.3, 0.4) is 0 Å². The minimum absolute atomic E-state index is 0.118. The first-order valence-electron chi connectivity index (χ1n) is 8.54. The van der Waals surface area contributed by atoms with E-state index in [1.54, 1.807) is 24.3 Å². The van der Waals surface area contributed by atoms with Gasteiger partial charge in [-0.15, -0.1) is 0 Å². The topological polar surface area (TPSA) is 84.0 Å². The SMILES string of the molecule is Cc1ccccc1[C@@H](C)NC(=O)CCn1c(=O)[nH]c(=O)c2ccccc21. The third-order valence-corrected chi connectivity index (χ3v) is 4.50. The van der Waals surface area contributed by atoms with Crippen LogP contribution in [-0.2, 0) is 11.3 Å². The zero-order chi connectivity index (χ0) is 18.7. The maximum absolute atomic E-state index is 12.3. The average molecular weight is 351 g/mol. The van der Waals surface area contributed by atoms with E-state index in [4.69, 9.17) is 0 Å². The summed E-state index contributed by atoms with van der Waals surface area (Å²) in [6, 6.07) is 14.6. The molecule has 26 heavy (non-hydrogen) atoms. The summed E-state index contributed by atoms with van der Waals surface area (Å²) in [5.74, 6) is -0.150. The van der Waals surface area contributed by atoms with Gasteiger partial charge in [-0.2, -0.15) is 0 Å². The molecular weight excluding hydrogens is 330 g/mol. The van der Waals surface area contributed by atoms with E-state index in [0.29, 0.717) is 10.9 Å². The molecular formula is C20H21N3O3. The van der Waals surface area contributed by atoms with Crippen molar-refractivity contribution < 1.29 is 4.79 Å². The Labute approximate surface area is 150 Å². The molecule has 1 amide bonds. The number of carbonyl (C=O) groups excluding carboxylic acids is 1. The third kappa shape index (κ3) is 3.59. The van der Waals surface area contributed by atoms with Crippen LogP contribution in [0, 0.1) is 6.92 Å². The van der Waals surface area contributed by atoms with Crippen LogP contribution >= 0.6 is 0 Å². The number of hydrogen-bond acceptors (Lipinski definition) is 3. The molecule has 1 aromatic heterocycles. The van der Waals surface area contributed by atoms with Gasteiger partial charge in [0.1, 0.15) is 0 Å². The first-order valence-corrected chi connectivity index (χ1v) is 8.54. The number of fused-ring (bicyclic) bond motifs is 1. The van der Waals surface area contributed by atoms with Gasteiger partial charge in [-0.05, 0) is 37.1 Å². The fourth-order valence-corrected chi connectivity index (χ4v) is 3.14. The minimum atomic E-state index is -0.506. The number of hydrogen-bond donors (Lipinski definition) is 2. The number of aromatic nitrogens is 2. The van der Waals surface area contributed by atoms with Gasteiger partial charge in [0.05, 0.1) is 16.9 Å². The third-order valence-electron chi connectivity index (χ3n) is 4.50. The summed E-state index contributed by atoms with van der Waals surface area (Å²) >= 11 is 0. The fourth-order valence-electron chi connectivity index (χ4n) is 3.14. The van der Waals surface area contributed by atoms with Crippen molar-refractivity contribution in [3.63, 3.8) is 0 Å². The van der Waals surface area contributed by atoms with E-state index >= 15 is 0 Å². The van der Waals surface area contributed by atoms with Crippen molar-refractivity contribution in [2.75, 3.05) is 0 Å². The number of rotatable bonds is 5. The Morgan fingerprint density at radius 1 is 1.12 bits per heavy atom. The molecule has 3 aromatic rings. The second-order valence-corrected chi connectivity index (χ2v) is 6.32. The summed E-state index contributed by atoms with van der Waals surface area (Å²) in [5, 5.41) is 3.39. The Hall–Kier alpha value is -3.15. The monoisotopic (exact) mass is 351 g/mol. The van der Waals surface area contributed by atoms with Gasteiger partial charge in [0.2, 0.25) is 5.91 Å². The van der Waals surface area contributed by atoms with E-state index in [2.05, 4.69) is 10.3 Å². The van der Waals surface area contributed by atoms with Crippen LogP contribution in [0.15, 0.2) is 58.1 Å². The second-order valence-electron chi connectivity index (χ2n) is 6.32. The highest BCUT2D eigenvalue weighted by Gasteiger charge is 2.13. The molecule has 134 valence electrons. The molecule has 6 heteroatoms. The van der Waals surface area contributed by atoms with Crippen LogP contribution in [0.1, 0.15) is 30.5 Å². The highest BCUT2D eigenvalue weighted by atomic mass is 16.2. The predicted octanol–water partition coefficient (Wildman–Crippen LogP) is 2.27. The Morgan fingerprint density at radius 2 is 1.81 bits per heavy atom. The van der Waals surface area contributed by atoms with Crippen LogP contribution in [0.25, 0.3) is 10.9 Å². The number of para-hydroxylation sites is 1. The smallest absolute Gasteiger partial charge is 0.328 e. The Balaban J connectivity index is 1.75. The molecule has 0 fully saturated rings. The van der Waals surface area contributed by atoms with Crippen molar-refractivity contribution in [3.8, 4) is 0 Å². The van der Waals surface area contributed by atoms with Crippen molar-refractivity contribution in [3.05, 3.63) is 80.5 Å².